The van der Waals surface area contributed by atoms with Crippen molar-refractivity contribution in [1.29, 1.82) is 0 Å². The highest BCUT2D eigenvalue weighted by Gasteiger charge is 2.14. The largest absolute Gasteiger partial charge is 0.380 e. The number of hydrogen-bond acceptors (Lipinski definition) is 2. The molecule has 0 aliphatic heterocycles. The van der Waals surface area contributed by atoms with Gasteiger partial charge in [0.2, 0.25) is 0 Å². The summed E-state index contributed by atoms with van der Waals surface area (Å²) >= 11 is 6.06. The van der Waals surface area contributed by atoms with E-state index in [2.05, 4.69) is 19.2 Å². The van der Waals surface area contributed by atoms with Crippen molar-refractivity contribution in [3.05, 3.63) is 34.6 Å². The first-order valence-electron chi connectivity index (χ1n) is 6.93. The smallest absolute Gasteiger partial charge is 0.127 e. The van der Waals surface area contributed by atoms with Crippen molar-refractivity contribution in [2.24, 2.45) is 0 Å². The van der Waals surface area contributed by atoms with Gasteiger partial charge in [0.05, 0.1) is 6.61 Å². The van der Waals surface area contributed by atoms with Crippen LogP contribution in [0.15, 0.2) is 18.2 Å². The molecule has 0 saturated heterocycles. The van der Waals surface area contributed by atoms with Crippen molar-refractivity contribution in [1.82, 2.24) is 5.32 Å². The molecule has 0 fully saturated rings. The van der Waals surface area contributed by atoms with Crippen molar-refractivity contribution in [3.8, 4) is 0 Å². The lowest BCUT2D eigenvalue weighted by Crippen LogP contribution is -2.36. The molecule has 0 aromatic heterocycles. The molecular formula is C15H23ClFNO. The Kier molecular flexibility index (Phi) is 8.03. The molecule has 0 heterocycles. The number of ether oxygens (including phenoxy) is 1. The number of benzene rings is 1. The fourth-order valence-corrected chi connectivity index (χ4v) is 2.12. The van der Waals surface area contributed by atoms with E-state index in [-0.39, 0.29) is 11.9 Å². The number of hydrogen-bond donors (Lipinski definition) is 1. The second kappa shape index (κ2) is 9.29. The first-order chi connectivity index (χ1) is 9.19. The van der Waals surface area contributed by atoms with E-state index in [0.29, 0.717) is 23.6 Å². The monoisotopic (exact) mass is 287 g/mol. The normalized spacial score (nSPS) is 12.6. The number of rotatable bonds is 9. The molecule has 0 amide bonds. The molecule has 0 saturated carbocycles. The van der Waals surface area contributed by atoms with Gasteiger partial charge in [-0.25, -0.2) is 4.39 Å². The highest BCUT2D eigenvalue weighted by atomic mass is 35.5. The lowest BCUT2D eigenvalue weighted by molar-refractivity contribution is 0.111. The maximum atomic E-state index is 13.8. The van der Waals surface area contributed by atoms with Crippen LogP contribution >= 0.6 is 11.6 Å². The number of halogens is 2. The summed E-state index contributed by atoms with van der Waals surface area (Å²) < 4.78 is 19.3. The molecule has 4 heteroatoms. The molecule has 0 radical (unpaired) electrons. The van der Waals surface area contributed by atoms with Gasteiger partial charge >= 0.3 is 0 Å². The van der Waals surface area contributed by atoms with Crippen molar-refractivity contribution < 1.29 is 9.13 Å². The van der Waals surface area contributed by atoms with Gasteiger partial charge in [0, 0.05) is 23.2 Å². The van der Waals surface area contributed by atoms with Crippen LogP contribution in [0.1, 0.15) is 32.3 Å². The molecule has 1 aromatic carbocycles. The average Bonchev–Trinajstić information content (AvgIpc) is 2.39. The highest BCUT2D eigenvalue weighted by Crippen LogP contribution is 2.20. The first-order valence-corrected chi connectivity index (χ1v) is 7.30. The molecule has 1 rings (SSSR count). The van der Waals surface area contributed by atoms with Crippen molar-refractivity contribution >= 4 is 11.6 Å². The van der Waals surface area contributed by atoms with E-state index < -0.39 is 0 Å². The Morgan fingerprint density at radius 2 is 2.11 bits per heavy atom. The average molecular weight is 288 g/mol. The van der Waals surface area contributed by atoms with Gasteiger partial charge in [-0.2, -0.15) is 0 Å². The SMILES string of the molecule is CCCNC(COCCC)Cc1c(F)cccc1Cl. The minimum atomic E-state index is -0.244. The predicted octanol–water partition coefficient (Wildman–Crippen LogP) is 3.82. The maximum Gasteiger partial charge on any atom is 0.127 e. The van der Waals surface area contributed by atoms with Crippen LogP contribution in [0.4, 0.5) is 4.39 Å². The molecule has 0 aliphatic rings. The Bertz CT molecular complexity index is 353. The van der Waals surface area contributed by atoms with Crippen LogP contribution in [0.3, 0.4) is 0 Å². The van der Waals surface area contributed by atoms with Gasteiger partial charge in [-0.1, -0.05) is 31.5 Å². The molecule has 1 aromatic rings. The maximum absolute atomic E-state index is 13.8. The van der Waals surface area contributed by atoms with E-state index >= 15 is 0 Å². The fraction of sp³-hybridized carbons (Fsp3) is 0.600. The first kappa shape index (κ1) is 16.4. The molecular weight excluding hydrogens is 265 g/mol. The molecule has 19 heavy (non-hydrogen) atoms. The Hall–Kier alpha value is -0.640. The van der Waals surface area contributed by atoms with Crippen LogP contribution in [-0.4, -0.2) is 25.8 Å². The van der Waals surface area contributed by atoms with Crippen LogP contribution in [0.2, 0.25) is 5.02 Å². The van der Waals surface area contributed by atoms with E-state index in [9.17, 15) is 4.39 Å². The topological polar surface area (TPSA) is 21.3 Å². The van der Waals surface area contributed by atoms with Crippen LogP contribution in [0.5, 0.6) is 0 Å². The fourth-order valence-electron chi connectivity index (χ4n) is 1.88. The summed E-state index contributed by atoms with van der Waals surface area (Å²) in [5.74, 6) is -0.244. The predicted molar refractivity (Wildman–Crippen MR) is 78.3 cm³/mol. The minimum absolute atomic E-state index is 0.0981. The van der Waals surface area contributed by atoms with Gasteiger partial charge in [0.15, 0.2) is 0 Å². The zero-order chi connectivity index (χ0) is 14.1. The third-order valence-corrected chi connectivity index (χ3v) is 3.22. The van der Waals surface area contributed by atoms with Gasteiger partial charge < -0.3 is 10.1 Å². The molecule has 0 bridgehead atoms. The van der Waals surface area contributed by atoms with Gasteiger partial charge in [0.1, 0.15) is 5.82 Å². The molecule has 0 aliphatic carbocycles. The minimum Gasteiger partial charge on any atom is -0.380 e. The summed E-state index contributed by atoms with van der Waals surface area (Å²) in [5.41, 5.74) is 0.567. The van der Waals surface area contributed by atoms with E-state index in [1.807, 2.05) is 0 Å². The molecule has 108 valence electrons. The second-order valence-corrected chi connectivity index (χ2v) is 5.04. The van der Waals surface area contributed by atoms with Crippen LogP contribution in [0.25, 0.3) is 0 Å². The van der Waals surface area contributed by atoms with E-state index in [4.69, 9.17) is 16.3 Å². The van der Waals surface area contributed by atoms with E-state index in [1.165, 1.54) is 6.07 Å². The van der Waals surface area contributed by atoms with E-state index in [1.54, 1.807) is 12.1 Å². The van der Waals surface area contributed by atoms with Crippen molar-refractivity contribution in [3.63, 3.8) is 0 Å². The van der Waals surface area contributed by atoms with Crippen molar-refractivity contribution in [2.75, 3.05) is 19.8 Å². The Balaban J connectivity index is 2.64. The van der Waals surface area contributed by atoms with Crippen LogP contribution in [-0.2, 0) is 11.2 Å². The second-order valence-electron chi connectivity index (χ2n) is 4.63. The van der Waals surface area contributed by atoms with Gasteiger partial charge in [-0.05, 0) is 37.9 Å². The Morgan fingerprint density at radius 3 is 2.74 bits per heavy atom. The van der Waals surface area contributed by atoms with Crippen LogP contribution < -0.4 is 5.32 Å². The third kappa shape index (κ3) is 5.89. The lowest BCUT2D eigenvalue weighted by atomic mass is 10.1. The van der Waals surface area contributed by atoms with E-state index in [0.717, 1.165) is 26.0 Å². The zero-order valence-electron chi connectivity index (χ0n) is 11.7. The zero-order valence-corrected chi connectivity index (χ0v) is 12.5. The standard InChI is InChI=1S/C15H23ClFNO/c1-3-8-18-12(11-19-9-4-2)10-13-14(16)6-5-7-15(13)17/h5-7,12,18H,3-4,8-11H2,1-2H3. The molecule has 1 atom stereocenters. The van der Waals surface area contributed by atoms with Crippen molar-refractivity contribution in [2.45, 2.75) is 39.2 Å². The third-order valence-electron chi connectivity index (χ3n) is 2.86. The molecule has 1 unspecified atom stereocenters. The van der Waals surface area contributed by atoms with Gasteiger partial charge in [-0.15, -0.1) is 0 Å². The summed E-state index contributed by atoms with van der Waals surface area (Å²) in [5, 5.41) is 3.87. The summed E-state index contributed by atoms with van der Waals surface area (Å²) in [7, 11) is 0. The number of nitrogens with one attached hydrogen (secondary N) is 1. The Morgan fingerprint density at radius 1 is 1.32 bits per heavy atom. The van der Waals surface area contributed by atoms with Crippen LogP contribution in [0, 0.1) is 5.82 Å². The highest BCUT2D eigenvalue weighted by molar-refractivity contribution is 6.31. The Labute approximate surface area is 120 Å². The molecule has 0 spiro atoms. The summed E-state index contributed by atoms with van der Waals surface area (Å²) in [6, 6.07) is 4.90. The summed E-state index contributed by atoms with van der Waals surface area (Å²) in [6.45, 7) is 6.38. The quantitative estimate of drug-likeness (QED) is 0.697. The summed E-state index contributed by atoms with van der Waals surface area (Å²) in [4.78, 5) is 0. The lowest BCUT2D eigenvalue weighted by Gasteiger charge is -2.19. The van der Waals surface area contributed by atoms with Gasteiger partial charge in [-0.3, -0.25) is 0 Å². The summed E-state index contributed by atoms with van der Waals surface area (Å²) in [6.07, 6.45) is 2.57. The van der Waals surface area contributed by atoms with Gasteiger partial charge in [0.25, 0.3) is 0 Å². The molecule has 1 N–H and O–H groups in total. The molecule has 2 nitrogen and oxygen atoms in total.